The Hall–Kier alpha value is -1.88. The van der Waals surface area contributed by atoms with E-state index >= 15 is 0 Å². The quantitative estimate of drug-likeness (QED) is 0.828. The molecule has 1 fully saturated rings. The van der Waals surface area contributed by atoms with Crippen LogP contribution in [-0.4, -0.2) is 36.6 Å². The predicted molar refractivity (Wildman–Crippen MR) is 71.7 cm³/mol. The van der Waals surface area contributed by atoms with Gasteiger partial charge in [0.05, 0.1) is 12.5 Å². The van der Waals surface area contributed by atoms with Crippen LogP contribution in [-0.2, 0) is 9.59 Å². The number of carbonyl (C=O) groups excluding carboxylic acids is 2. The molecule has 0 unspecified atom stereocenters. The number of nitrogens with zero attached hydrogens (tertiary/aromatic N) is 1. The van der Waals surface area contributed by atoms with Gasteiger partial charge >= 0.3 is 0 Å². The second-order valence-corrected chi connectivity index (χ2v) is 4.76. The number of aliphatic hydroxyl groups excluding tert-OH is 1. The molecule has 2 rings (SSSR count). The molecule has 2 N–H and O–H groups in total. The fraction of sp³-hybridized carbons (Fsp3) is 0.429. The average Bonchev–Trinajstić information content (AvgIpc) is 2.79. The summed E-state index contributed by atoms with van der Waals surface area (Å²) in [6.45, 7) is 2.53. The average molecular weight is 262 g/mol. The molecule has 102 valence electrons. The summed E-state index contributed by atoms with van der Waals surface area (Å²) in [5.74, 6) is -0.537. The van der Waals surface area contributed by atoms with E-state index in [1.165, 1.54) is 0 Å². The summed E-state index contributed by atoms with van der Waals surface area (Å²) in [6.07, 6.45) is 0.227. The van der Waals surface area contributed by atoms with Crippen LogP contribution in [0, 0.1) is 12.8 Å². The van der Waals surface area contributed by atoms with Gasteiger partial charge in [-0.3, -0.25) is 9.59 Å². The Bertz CT molecular complexity index is 470. The van der Waals surface area contributed by atoms with Crippen LogP contribution in [0.4, 0.5) is 5.69 Å². The lowest BCUT2D eigenvalue weighted by Crippen LogP contribution is -2.34. The van der Waals surface area contributed by atoms with Crippen LogP contribution >= 0.6 is 0 Å². The van der Waals surface area contributed by atoms with Crippen molar-refractivity contribution in [3.8, 4) is 0 Å². The predicted octanol–water partition coefficient (Wildman–Crippen LogP) is 0.456. The van der Waals surface area contributed by atoms with Crippen LogP contribution in [0.3, 0.4) is 0 Å². The molecule has 0 saturated carbocycles. The van der Waals surface area contributed by atoms with E-state index in [0.717, 1.165) is 11.3 Å². The number of nitrogens with one attached hydrogen (secondary N) is 1. The lowest BCUT2D eigenvalue weighted by Gasteiger charge is -2.16. The van der Waals surface area contributed by atoms with Crippen molar-refractivity contribution in [2.75, 3.05) is 24.6 Å². The van der Waals surface area contributed by atoms with Gasteiger partial charge in [0.25, 0.3) is 0 Å². The van der Waals surface area contributed by atoms with E-state index in [0.29, 0.717) is 6.54 Å². The lowest BCUT2D eigenvalue weighted by molar-refractivity contribution is -0.126. The van der Waals surface area contributed by atoms with Crippen LogP contribution in [0.15, 0.2) is 24.3 Å². The zero-order valence-electron chi connectivity index (χ0n) is 10.9. The first-order valence-electron chi connectivity index (χ1n) is 6.37. The summed E-state index contributed by atoms with van der Waals surface area (Å²) in [7, 11) is 0. The minimum atomic E-state index is -0.333. The fourth-order valence-electron chi connectivity index (χ4n) is 2.18. The van der Waals surface area contributed by atoms with Crippen molar-refractivity contribution in [3.05, 3.63) is 29.8 Å². The first kappa shape index (κ1) is 13.5. The molecule has 1 aliphatic rings. The number of carbonyl (C=O) groups is 2. The summed E-state index contributed by atoms with van der Waals surface area (Å²) in [5.41, 5.74) is 1.96. The highest BCUT2D eigenvalue weighted by atomic mass is 16.3. The van der Waals surface area contributed by atoms with Crippen molar-refractivity contribution >= 4 is 17.5 Å². The van der Waals surface area contributed by atoms with E-state index in [1.807, 2.05) is 31.2 Å². The molecule has 19 heavy (non-hydrogen) atoms. The maximum absolute atomic E-state index is 11.9. The fourth-order valence-corrected chi connectivity index (χ4v) is 2.18. The molecule has 0 aromatic heterocycles. The Kier molecular flexibility index (Phi) is 4.16. The Labute approximate surface area is 112 Å². The molecule has 2 amide bonds. The van der Waals surface area contributed by atoms with Crippen LogP contribution in [0.25, 0.3) is 0 Å². The number of hydrogen-bond acceptors (Lipinski definition) is 3. The summed E-state index contributed by atoms with van der Waals surface area (Å²) in [6, 6.07) is 7.67. The highest BCUT2D eigenvalue weighted by molar-refractivity contribution is 6.00. The Morgan fingerprint density at radius 3 is 2.74 bits per heavy atom. The SMILES string of the molecule is Cc1ccc(N2C[C@@H](C(=O)NCCO)CC2=O)cc1. The third-order valence-electron chi connectivity index (χ3n) is 3.25. The van der Waals surface area contributed by atoms with Gasteiger partial charge in [-0.15, -0.1) is 0 Å². The first-order chi connectivity index (χ1) is 9.11. The van der Waals surface area contributed by atoms with Gasteiger partial charge in [-0.05, 0) is 19.1 Å². The zero-order valence-corrected chi connectivity index (χ0v) is 10.9. The molecule has 1 atom stereocenters. The van der Waals surface area contributed by atoms with Crippen molar-refractivity contribution in [1.82, 2.24) is 5.32 Å². The number of rotatable bonds is 4. The van der Waals surface area contributed by atoms with Gasteiger partial charge in [0.1, 0.15) is 0 Å². The molecule has 1 aliphatic heterocycles. The summed E-state index contributed by atoms with van der Waals surface area (Å²) < 4.78 is 0. The molecule has 1 saturated heterocycles. The van der Waals surface area contributed by atoms with Crippen LogP contribution in [0.2, 0.25) is 0 Å². The van der Waals surface area contributed by atoms with E-state index in [1.54, 1.807) is 4.90 Å². The normalized spacial score (nSPS) is 18.7. The van der Waals surface area contributed by atoms with Crippen LogP contribution in [0.1, 0.15) is 12.0 Å². The molecule has 1 aromatic carbocycles. The monoisotopic (exact) mass is 262 g/mol. The summed E-state index contributed by atoms with van der Waals surface area (Å²) in [4.78, 5) is 25.4. The number of benzene rings is 1. The van der Waals surface area contributed by atoms with Gasteiger partial charge in [-0.2, -0.15) is 0 Å². The van der Waals surface area contributed by atoms with Crippen molar-refractivity contribution < 1.29 is 14.7 Å². The van der Waals surface area contributed by atoms with E-state index in [9.17, 15) is 9.59 Å². The Morgan fingerprint density at radius 1 is 1.42 bits per heavy atom. The third kappa shape index (κ3) is 3.12. The van der Waals surface area contributed by atoms with E-state index in [-0.39, 0.29) is 37.3 Å². The summed E-state index contributed by atoms with van der Waals surface area (Å²) >= 11 is 0. The van der Waals surface area contributed by atoms with Gasteiger partial charge in [0, 0.05) is 25.2 Å². The Morgan fingerprint density at radius 2 is 2.11 bits per heavy atom. The smallest absolute Gasteiger partial charge is 0.227 e. The number of amides is 2. The van der Waals surface area contributed by atoms with Crippen LogP contribution < -0.4 is 10.2 Å². The van der Waals surface area contributed by atoms with Gasteiger partial charge in [0.2, 0.25) is 11.8 Å². The molecule has 0 aliphatic carbocycles. The molecule has 5 heteroatoms. The number of hydrogen-bond donors (Lipinski definition) is 2. The molecule has 5 nitrogen and oxygen atoms in total. The second kappa shape index (κ2) is 5.84. The molecule has 1 heterocycles. The molecular formula is C14H18N2O3. The van der Waals surface area contributed by atoms with E-state index in [4.69, 9.17) is 5.11 Å². The number of anilines is 1. The molecule has 1 aromatic rings. The molecule has 0 radical (unpaired) electrons. The van der Waals surface area contributed by atoms with Gasteiger partial charge in [-0.25, -0.2) is 0 Å². The topological polar surface area (TPSA) is 69.6 Å². The maximum atomic E-state index is 11.9. The Balaban J connectivity index is 2.03. The van der Waals surface area contributed by atoms with E-state index < -0.39 is 0 Å². The minimum Gasteiger partial charge on any atom is -0.395 e. The highest BCUT2D eigenvalue weighted by Gasteiger charge is 2.34. The lowest BCUT2D eigenvalue weighted by atomic mass is 10.1. The number of aryl methyl sites for hydroxylation is 1. The molecule has 0 bridgehead atoms. The van der Waals surface area contributed by atoms with Crippen molar-refractivity contribution in [3.63, 3.8) is 0 Å². The maximum Gasteiger partial charge on any atom is 0.227 e. The van der Waals surface area contributed by atoms with Crippen molar-refractivity contribution in [2.24, 2.45) is 5.92 Å². The minimum absolute atomic E-state index is 0.0343. The molecule has 0 spiro atoms. The largest absolute Gasteiger partial charge is 0.395 e. The molecular weight excluding hydrogens is 244 g/mol. The van der Waals surface area contributed by atoms with Gasteiger partial charge in [-0.1, -0.05) is 17.7 Å². The van der Waals surface area contributed by atoms with Crippen LogP contribution in [0.5, 0.6) is 0 Å². The van der Waals surface area contributed by atoms with Crippen molar-refractivity contribution in [2.45, 2.75) is 13.3 Å². The second-order valence-electron chi connectivity index (χ2n) is 4.76. The number of aliphatic hydroxyl groups is 1. The zero-order chi connectivity index (χ0) is 13.8. The van der Waals surface area contributed by atoms with Gasteiger partial charge < -0.3 is 15.3 Å². The van der Waals surface area contributed by atoms with E-state index in [2.05, 4.69) is 5.32 Å². The van der Waals surface area contributed by atoms with Crippen molar-refractivity contribution in [1.29, 1.82) is 0 Å². The highest BCUT2D eigenvalue weighted by Crippen LogP contribution is 2.25. The summed E-state index contributed by atoms with van der Waals surface area (Å²) in [5, 5.41) is 11.3. The van der Waals surface area contributed by atoms with Gasteiger partial charge in [0.15, 0.2) is 0 Å². The first-order valence-corrected chi connectivity index (χ1v) is 6.37. The third-order valence-corrected chi connectivity index (χ3v) is 3.25. The standard InChI is InChI=1S/C14H18N2O3/c1-10-2-4-12(5-3-10)16-9-11(8-13(16)18)14(19)15-6-7-17/h2-5,11,17H,6-9H2,1H3,(H,15,19)/t11-/m0/s1.